The van der Waals surface area contributed by atoms with Crippen LogP contribution in [0.4, 0.5) is 5.69 Å². The topological polar surface area (TPSA) is 110 Å². The van der Waals surface area contributed by atoms with Crippen LogP contribution in [0.5, 0.6) is 0 Å². The van der Waals surface area contributed by atoms with E-state index in [1.165, 1.54) is 29.1 Å². The lowest BCUT2D eigenvalue weighted by Gasteiger charge is -2.31. The Labute approximate surface area is 178 Å². The Kier molecular flexibility index (Phi) is 7.33. The van der Waals surface area contributed by atoms with Gasteiger partial charge in [0, 0.05) is 35.3 Å². The molecule has 156 valence electrons. The Hall–Kier alpha value is -1.88. The Balaban J connectivity index is 1.42. The number of hydrogen-bond donors (Lipinski definition) is 2. The summed E-state index contributed by atoms with van der Waals surface area (Å²) in [6, 6.07) is 9.82. The van der Waals surface area contributed by atoms with Gasteiger partial charge in [-0.15, -0.1) is 23.1 Å². The third-order valence-electron chi connectivity index (χ3n) is 4.72. The summed E-state index contributed by atoms with van der Waals surface area (Å²) in [5.41, 5.74) is 0.519. The molecule has 3 rings (SSSR count). The van der Waals surface area contributed by atoms with Crippen LogP contribution in [0.15, 0.2) is 46.7 Å². The number of amides is 2. The lowest BCUT2D eigenvalue weighted by atomic mass is 9.96. The van der Waals surface area contributed by atoms with Crippen LogP contribution in [-0.4, -0.2) is 44.0 Å². The highest BCUT2D eigenvalue weighted by Gasteiger charge is 2.27. The molecule has 1 aromatic heterocycles. The van der Waals surface area contributed by atoms with Crippen LogP contribution < -0.4 is 10.5 Å². The van der Waals surface area contributed by atoms with E-state index in [9.17, 15) is 18.0 Å². The summed E-state index contributed by atoms with van der Waals surface area (Å²) in [6.45, 7) is 1.14. The molecule has 0 unspecified atom stereocenters. The van der Waals surface area contributed by atoms with Crippen molar-refractivity contribution in [2.24, 2.45) is 11.1 Å². The maximum atomic E-state index is 12.5. The van der Waals surface area contributed by atoms with E-state index in [4.69, 9.17) is 5.14 Å². The summed E-state index contributed by atoms with van der Waals surface area (Å²) >= 11 is 3.30. The minimum absolute atomic E-state index is 0.000678. The predicted molar refractivity (Wildman–Crippen MR) is 116 cm³/mol. The largest absolute Gasteiger partial charge is 0.342 e. The van der Waals surface area contributed by atoms with Gasteiger partial charge in [0.05, 0.1) is 10.6 Å². The highest BCUT2D eigenvalue weighted by Crippen LogP contribution is 2.22. The molecule has 1 fully saturated rings. The van der Waals surface area contributed by atoms with E-state index in [-0.39, 0.29) is 22.6 Å². The number of sulfonamides is 1. The molecule has 0 radical (unpaired) electrons. The standard InChI is InChI=1S/C19H23N3O4S3/c20-29(25,26)17-5-3-15(4-6-17)21-19(24)14-7-9-22(10-8-14)18(23)13-27-12-16-2-1-11-28-16/h1-6,11,14H,7-10,12-13H2,(H,21,24)(H2,20,25,26). The van der Waals surface area contributed by atoms with Gasteiger partial charge in [0.25, 0.3) is 0 Å². The number of nitrogens with one attached hydrogen (secondary N) is 1. The number of carbonyl (C=O) groups excluding carboxylic acids is 2. The van der Waals surface area contributed by atoms with Gasteiger partial charge in [-0.05, 0) is 48.6 Å². The van der Waals surface area contributed by atoms with Gasteiger partial charge in [0.2, 0.25) is 21.8 Å². The maximum absolute atomic E-state index is 12.5. The van der Waals surface area contributed by atoms with Crippen LogP contribution in [0.1, 0.15) is 17.7 Å². The minimum atomic E-state index is -3.75. The third kappa shape index (κ3) is 6.30. The summed E-state index contributed by atoms with van der Waals surface area (Å²) < 4.78 is 22.6. The van der Waals surface area contributed by atoms with Gasteiger partial charge in [-0.2, -0.15) is 0 Å². The molecule has 1 aromatic carbocycles. The minimum Gasteiger partial charge on any atom is -0.342 e. The molecule has 2 aromatic rings. The first-order valence-corrected chi connectivity index (χ1v) is 12.7. The highest BCUT2D eigenvalue weighted by molar-refractivity contribution is 7.99. The van der Waals surface area contributed by atoms with Crippen molar-refractivity contribution < 1.29 is 18.0 Å². The number of carbonyl (C=O) groups is 2. The van der Waals surface area contributed by atoms with E-state index in [0.717, 1.165) is 5.75 Å². The number of primary sulfonamides is 1. The van der Waals surface area contributed by atoms with Gasteiger partial charge in [-0.25, -0.2) is 13.6 Å². The van der Waals surface area contributed by atoms with Crippen molar-refractivity contribution in [3.8, 4) is 0 Å². The second-order valence-electron chi connectivity index (χ2n) is 6.79. The molecular formula is C19H23N3O4S3. The van der Waals surface area contributed by atoms with Crippen LogP contribution in [0, 0.1) is 5.92 Å². The second-order valence-corrected chi connectivity index (χ2v) is 10.4. The fourth-order valence-corrected chi connectivity index (χ4v) is 5.37. The van der Waals surface area contributed by atoms with Crippen molar-refractivity contribution in [2.75, 3.05) is 24.2 Å². The first-order chi connectivity index (χ1) is 13.8. The molecule has 1 aliphatic rings. The normalized spacial score (nSPS) is 15.3. The smallest absolute Gasteiger partial charge is 0.238 e. The van der Waals surface area contributed by atoms with Gasteiger partial charge in [0.1, 0.15) is 0 Å². The molecule has 0 aliphatic carbocycles. The Morgan fingerprint density at radius 1 is 1.17 bits per heavy atom. The molecular weight excluding hydrogens is 430 g/mol. The SMILES string of the molecule is NS(=O)(=O)c1ccc(NC(=O)C2CCN(C(=O)CSCc3cccs3)CC2)cc1. The molecule has 1 aliphatic heterocycles. The van der Waals surface area contributed by atoms with Crippen molar-refractivity contribution >= 4 is 50.6 Å². The van der Waals surface area contributed by atoms with Crippen LogP contribution in [0.3, 0.4) is 0 Å². The molecule has 29 heavy (non-hydrogen) atoms. The first kappa shape index (κ1) is 21.8. The molecule has 0 spiro atoms. The number of benzene rings is 1. The number of nitrogens with zero attached hydrogens (tertiary/aromatic N) is 1. The van der Waals surface area contributed by atoms with Gasteiger partial charge in [-0.3, -0.25) is 9.59 Å². The molecule has 1 saturated heterocycles. The number of anilines is 1. The lowest BCUT2D eigenvalue weighted by Crippen LogP contribution is -2.42. The third-order valence-corrected chi connectivity index (χ3v) is 7.67. The molecule has 3 N–H and O–H groups in total. The monoisotopic (exact) mass is 453 g/mol. The number of thiophene rings is 1. The summed E-state index contributed by atoms with van der Waals surface area (Å²) in [6.07, 6.45) is 1.23. The number of rotatable bonds is 7. The number of nitrogens with two attached hydrogens (primary N) is 1. The molecule has 0 atom stereocenters. The van der Waals surface area contributed by atoms with Crippen molar-refractivity contribution in [2.45, 2.75) is 23.5 Å². The molecule has 7 nitrogen and oxygen atoms in total. The van der Waals surface area contributed by atoms with Gasteiger partial charge >= 0.3 is 0 Å². The zero-order chi connectivity index (χ0) is 20.9. The Morgan fingerprint density at radius 2 is 1.86 bits per heavy atom. The fraction of sp³-hybridized carbons (Fsp3) is 0.368. The van der Waals surface area contributed by atoms with Crippen molar-refractivity contribution in [3.05, 3.63) is 46.7 Å². The van der Waals surface area contributed by atoms with E-state index >= 15 is 0 Å². The average Bonchev–Trinajstić information content (AvgIpc) is 3.21. The van der Waals surface area contributed by atoms with Crippen LogP contribution in [-0.2, 0) is 25.4 Å². The zero-order valence-corrected chi connectivity index (χ0v) is 18.2. The molecule has 10 heteroatoms. The van der Waals surface area contributed by atoms with Crippen molar-refractivity contribution in [3.63, 3.8) is 0 Å². The number of likely N-dealkylation sites (tertiary alicyclic amines) is 1. The fourth-order valence-electron chi connectivity index (χ4n) is 3.09. The van der Waals surface area contributed by atoms with Gasteiger partial charge in [-0.1, -0.05) is 6.07 Å². The number of thioether (sulfide) groups is 1. The zero-order valence-electron chi connectivity index (χ0n) is 15.7. The summed E-state index contributed by atoms with van der Waals surface area (Å²) in [4.78, 5) is 27.9. The van der Waals surface area contributed by atoms with E-state index < -0.39 is 10.0 Å². The molecule has 0 saturated carbocycles. The predicted octanol–water partition coefficient (Wildman–Crippen LogP) is 2.51. The van der Waals surface area contributed by atoms with Gasteiger partial charge in [0.15, 0.2) is 0 Å². The lowest BCUT2D eigenvalue weighted by molar-refractivity contribution is -0.132. The van der Waals surface area contributed by atoms with Crippen LogP contribution in [0.2, 0.25) is 0 Å². The van der Waals surface area contributed by atoms with E-state index in [0.29, 0.717) is 37.4 Å². The van der Waals surface area contributed by atoms with Gasteiger partial charge < -0.3 is 10.2 Å². The van der Waals surface area contributed by atoms with Crippen LogP contribution >= 0.6 is 23.1 Å². The Bertz CT molecular complexity index is 936. The first-order valence-electron chi connectivity index (χ1n) is 9.14. The molecule has 2 heterocycles. The summed E-state index contributed by atoms with van der Waals surface area (Å²) in [5, 5.41) is 9.90. The molecule has 2 amide bonds. The second kappa shape index (κ2) is 9.75. The average molecular weight is 454 g/mol. The van der Waals surface area contributed by atoms with E-state index in [2.05, 4.69) is 11.4 Å². The number of hydrogen-bond acceptors (Lipinski definition) is 6. The quantitative estimate of drug-likeness (QED) is 0.669. The highest BCUT2D eigenvalue weighted by atomic mass is 32.2. The summed E-state index contributed by atoms with van der Waals surface area (Å²) in [5.74, 6) is 1.12. The van der Waals surface area contributed by atoms with E-state index in [1.54, 1.807) is 23.1 Å². The Morgan fingerprint density at radius 3 is 2.45 bits per heavy atom. The molecule has 0 bridgehead atoms. The van der Waals surface area contributed by atoms with Crippen molar-refractivity contribution in [1.82, 2.24) is 4.90 Å². The maximum Gasteiger partial charge on any atom is 0.238 e. The summed E-state index contributed by atoms with van der Waals surface area (Å²) in [7, 11) is -3.75. The van der Waals surface area contributed by atoms with E-state index in [1.807, 2.05) is 16.3 Å². The van der Waals surface area contributed by atoms with Crippen molar-refractivity contribution in [1.29, 1.82) is 0 Å². The number of piperidine rings is 1. The van der Waals surface area contributed by atoms with Crippen LogP contribution in [0.25, 0.3) is 0 Å².